The number of carboxylic acid groups (broad SMARTS) is 1. The van der Waals surface area contributed by atoms with Crippen molar-refractivity contribution in [2.24, 2.45) is 0 Å². The molecule has 0 aliphatic rings. The van der Waals surface area contributed by atoms with Gasteiger partial charge < -0.3 is 5.11 Å². The maximum Gasteiger partial charge on any atom is 0.336 e. The van der Waals surface area contributed by atoms with Crippen LogP contribution in [0, 0.1) is 21.4 Å². The molecule has 2 aromatic rings. The van der Waals surface area contributed by atoms with E-state index in [0.29, 0.717) is 4.90 Å². The van der Waals surface area contributed by atoms with Crippen LogP contribution in [-0.2, 0) is 0 Å². The molecule has 0 unspecified atom stereocenters. The largest absolute Gasteiger partial charge is 0.478 e. The number of nitrogens with zero attached hydrogens (tertiary/aromatic N) is 3. The Morgan fingerprint density at radius 3 is 2.76 bits per heavy atom. The Hall–Kier alpha value is -2.92. The highest BCUT2D eigenvalue weighted by molar-refractivity contribution is 7.99. The topological polar surface area (TPSA) is 117 Å². The average molecular weight is 301 g/mol. The number of rotatable bonds is 4. The van der Waals surface area contributed by atoms with E-state index in [2.05, 4.69) is 4.98 Å². The van der Waals surface area contributed by atoms with Gasteiger partial charge in [-0.15, -0.1) is 0 Å². The van der Waals surface area contributed by atoms with Crippen molar-refractivity contribution in [1.82, 2.24) is 4.98 Å². The molecule has 0 saturated heterocycles. The number of pyridine rings is 1. The molecule has 0 atom stereocenters. The summed E-state index contributed by atoms with van der Waals surface area (Å²) < 4.78 is 0. The van der Waals surface area contributed by atoms with Crippen molar-refractivity contribution in [3.05, 3.63) is 57.8 Å². The second kappa shape index (κ2) is 6.02. The summed E-state index contributed by atoms with van der Waals surface area (Å²) in [5, 5.41) is 29.0. The minimum atomic E-state index is -1.10. The fourth-order valence-corrected chi connectivity index (χ4v) is 2.48. The third-order valence-electron chi connectivity index (χ3n) is 2.49. The fraction of sp³-hybridized carbons (Fsp3) is 0. The van der Waals surface area contributed by atoms with Crippen molar-refractivity contribution in [2.75, 3.05) is 0 Å². The minimum Gasteiger partial charge on any atom is -0.478 e. The van der Waals surface area contributed by atoms with Crippen molar-refractivity contribution >= 4 is 23.4 Å². The molecule has 1 aromatic carbocycles. The van der Waals surface area contributed by atoms with E-state index in [1.807, 2.05) is 6.07 Å². The molecule has 0 aliphatic carbocycles. The van der Waals surface area contributed by atoms with E-state index >= 15 is 0 Å². The van der Waals surface area contributed by atoms with E-state index in [-0.39, 0.29) is 21.8 Å². The molecule has 0 amide bonds. The lowest BCUT2D eigenvalue weighted by atomic mass is 10.2. The van der Waals surface area contributed by atoms with Crippen LogP contribution in [0.5, 0.6) is 0 Å². The first-order chi connectivity index (χ1) is 10.0. The number of hydrogen-bond donors (Lipinski definition) is 1. The first kappa shape index (κ1) is 14.5. The van der Waals surface area contributed by atoms with Gasteiger partial charge in [-0.05, 0) is 12.1 Å². The summed E-state index contributed by atoms with van der Waals surface area (Å²) in [6, 6.07) is 9.19. The van der Waals surface area contributed by atoms with Gasteiger partial charge in [0, 0.05) is 11.0 Å². The van der Waals surface area contributed by atoms with Gasteiger partial charge in [0.25, 0.3) is 5.69 Å². The van der Waals surface area contributed by atoms with Crippen LogP contribution in [0.15, 0.2) is 46.5 Å². The van der Waals surface area contributed by atoms with Crippen molar-refractivity contribution in [1.29, 1.82) is 5.26 Å². The number of carbonyl (C=O) groups is 1. The van der Waals surface area contributed by atoms with Crippen LogP contribution in [0.25, 0.3) is 0 Å². The Balaban J connectivity index is 2.43. The highest BCUT2D eigenvalue weighted by Crippen LogP contribution is 2.32. The molecule has 2 rings (SSSR count). The number of nitro groups is 1. The molecule has 7 nitrogen and oxygen atoms in total. The third-order valence-corrected chi connectivity index (χ3v) is 3.59. The van der Waals surface area contributed by atoms with Crippen molar-refractivity contribution < 1.29 is 14.8 Å². The fourth-order valence-electron chi connectivity index (χ4n) is 1.54. The van der Waals surface area contributed by atoms with Crippen LogP contribution < -0.4 is 0 Å². The van der Waals surface area contributed by atoms with Crippen LogP contribution in [0.3, 0.4) is 0 Å². The SMILES string of the molecule is N#Cc1cc([N+](=O)[O-])cnc1Sc1ccccc1C(=O)O. The van der Waals surface area contributed by atoms with Crippen molar-refractivity contribution in [3.8, 4) is 6.07 Å². The van der Waals surface area contributed by atoms with Crippen LogP contribution in [0.1, 0.15) is 15.9 Å². The lowest BCUT2D eigenvalue weighted by molar-refractivity contribution is -0.385. The van der Waals surface area contributed by atoms with Gasteiger partial charge in [0.05, 0.1) is 16.1 Å². The molecule has 1 heterocycles. The van der Waals surface area contributed by atoms with Gasteiger partial charge in [-0.25, -0.2) is 9.78 Å². The Morgan fingerprint density at radius 1 is 1.43 bits per heavy atom. The molecular formula is C13H7N3O4S. The summed E-state index contributed by atoms with van der Waals surface area (Å²) in [5.41, 5.74) is -0.191. The van der Waals surface area contributed by atoms with Gasteiger partial charge in [0.15, 0.2) is 0 Å². The number of aromatic nitrogens is 1. The Kier molecular flexibility index (Phi) is 4.15. The Morgan fingerprint density at radius 2 is 2.14 bits per heavy atom. The van der Waals surface area contributed by atoms with Crippen LogP contribution in [0.4, 0.5) is 5.69 Å². The lowest BCUT2D eigenvalue weighted by Crippen LogP contribution is -1.99. The highest BCUT2D eigenvalue weighted by Gasteiger charge is 2.16. The van der Waals surface area contributed by atoms with E-state index in [9.17, 15) is 14.9 Å². The van der Waals surface area contributed by atoms with Crippen molar-refractivity contribution in [2.45, 2.75) is 9.92 Å². The second-order valence-electron chi connectivity index (χ2n) is 3.82. The zero-order valence-corrected chi connectivity index (χ0v) is 11.2. The third kappa shape index (κ3) is 3.16. The van der Waals surface area contributed by atoms with E-state index < -0.39 is 10.9 Å². The van der Waals surface area contributed by atoms with Gasteiger partial charge >= 0.3 is 5.97 Å². The lowest BCUT2D eigenvalue weighted by Gasteiger charge is -2.05. The quantitative estimate of drug-likeness (QED) is 0.681. The maximum absolute atomic E-state index is 11.1. The normalized spacial score (nSPS) is 9.86. The Bertz CT molecular complexity index is 770. The molecule has 0 aliphatic heterocycles. The molecule has 0 saturated carbocycles. The summed E-state index contributed by atoms with van der Waals surface area (Å²) in [4.78, 5) is 25.4. The van der Waals surface area contributed by atoms with Gasteiger partial charge in [0.1, 0.15) is 17.3 Å². The number of hydrogen-bond acceptors (Lipinski definition) is 6. The summed E-state index contributed by atoms with van der Waals surface area (Å²) in [7, 11) is 0. The summed E-state index contributed by atoms with van der Waals surface area (Å²) in [5.74, 6) is -1.10. The molecule has 1 aromatic heterocycles. The maximum atomic E-state index is 11.1. The summed E-state index contributed by atoms with van der Waals surface area (Å²) >= 11 is 0.977. The van der Waals surface area contributed by atoms with Gasteiger partial charge in [0.2, 0.25) is 0 Å². The Labute approximate surface area is 123 Å². The van der Waals surface area contributed by atoms with Crippen LogP contribution >= 0.6 is 11.8 Å². The van der Waals surface area contributed by atoms with Gasteiger partial charge in [-0.1, -0.05) is 23.9 Å². The number of carboxylic acids is 1. The van der Waals surface area contributed by atoms with E-state index in [4.69, 9.17) is 10.4 Å². The molecule has 1 N–H and O–H groups in total. The highest BCUT2D eigenvalue weighted by atomic mass is 32.2. The van der Waals surface area contributed by atoms with Gasteiger partial charge in [-0.2, -0.15) is 5.26 Å². The summed E-state index contributed by atoms with van der Waals surface area (Å²) in [6.07, 6.45) is 1.03. The summed E-state index contributed by atoms with van der Waals surface area (Å²) in [6.45, 7) is 0. The zero-order valence-electron chi connectivity index (χ0n) is 10.4. The molecule has 0 spiro atoms. The molecular weight excluding hydrogens is 294 g/mol. The van der Waals surface area contributed by atoms with Crippen molar-refractivity contribution in [3.63, 3.8) is 0 Å². The van der Waals surface area contributed by atoms with Crippen LogP contribution in [-0.4, -0.2) is 21.0 Å². The molecule has 8 heteroatoms. The molecule has 0 bridgehead atoms. The average Bonchev–Trinajstić information content (AvgIpc) is 2.47. The molecule has 0 radical (unpaired) electrons. The smallest absolute Gasteiger partial charge is 0.336 e. The minimum absolute atomic E-state index is 0.0226. The van der Waals surface area contributed by atoms with Gasteiger partial charge in [-0.3, -0.25) is 10.1 Å². The number of nitriles is 1. The van der Waals surface area contributed by atoms with E-state index in [1.54, 1.807) is 18.2 Å². The predicted molar refractivity (Wildman–Crippen MR) is 73.1 cm³/mol. The second-order valence-corrected chi connectivity index (χ2v) is 4.85. The molecule has 0 fully saturated rings. The van der Waals surface area contributed by atoms with E-state index in [1.165, 1.54) is 6.07 Å². The number of benzene rings is 1. The standard InChI is InChI=1S/C13H7N3O4S/c14-6-8-5-9(16(19)20)7-15-12(8)21-11-4-2-1-3-10(11)13(17)18/h1-5,7H,(H,17,18). The van der Waals surface area contributed by atoms with E-state index in [0.717, 1.165) is 24.0 Å². The van der Waals surface area contributed by atoms with Crippen LogP contribution in [0.2, 0.25) is 0 Å². The first-order valence-electron chi connectivity index (χ1n) is 5.57. The zero-order chi connectivity index (χ0) is 15.4. The first-order valence-corrected chi connectivity index (χ1v) is 6.39. The molecule has 21 heavy (non-hydrogen) atoms. The predicted octanol–water partition coefficient (Wildman–Crippen LogP) is 2.71. The monoisotopic (exact) mass is 301 g/mol. The number of aromatic carboxylic acids is 1. The molecule has 104 valence electrons.